The van der Waals surface area contributed by atoms with Crippen LogP contribution in [-0.2, 0) is 9.59 Å². The zero-order chi connectivity index (χ0) is 21.0. The molecule has 1 aliphatic rings. The van der Waals surface area contributed by atoms with Gasteiger partial charge in [0.25, 0.3) is 5.69 Å². The SMILES string of the molecule is Cc1ccc(C2=NN(C(=O)CCCC(=O)O)C(c3cccc([N+](=O)[O-])c3)C2)cc1. The maximum absolute atomic E-state index is 12.8. The van der Waals surface area contributed by atoms with E-state index in [0.717, 1.165) is 11.1 Å². The number of nitro groups is 1. The van der Waals surface area contributed by atoms with Gasteiger partial charge in [0, 0.05) is 31.4 Å². The molecule has 8 nitrogen and oxygen atoms in total. The number of carbonyl (C=O) groups is 2. The molecule has 0 aromatic heterocycles. The molecule has 0 saturated heterocycles. The summed E-state index contributed by atoms with van der Waals surface area (Å²) in [5.74, 6) is -1.26. The maximum atomic E-state index is 12.8. The number of amides is 1. The number of carbonyl (C=O) groups excluding carboxylic acids is 1. The van der Waals surface area contributed by atoms with Gasteiger partial charge in [-0.05, 0) is 24.5 Å². The first-order valence-electron chi connectivity index (χ1n) is 9.28. The number of benzene rings is 2. The molecule has 1 heterocycles. The number of non-ortho nitro benzene ring substituents is 1. The molecule has 1 N–H and O–H groups in total. The van der Waals surface area contributed by atoms with Crippen molar-refractivity contribution in [2.45, 2.75) is 38.6 Å². The highest BCUT2D eigenvalue weighted by Gasteiger charge is 2.33. The fraction of sp³-hybridized carbons (Fsp3) is 0.286. The summed E-state index contributed by atoms with van der Waals surface area (Å²) in [5, 5.41) is 25.8. The number of hydrazone groups is 1. The van der Waals surface area contributed by atoms with Gasteiger partial charge in [0.1, 0.15) is 0 Å². The molecule has 8 heteroatoms. The Morgan fingerprint density at radius 1 is 1.21 bits per heavy atom. The van der Waals surface area contributed by atoms with Crippen LogP contribution in [0.25, 0.3) is 0 Å². The van der Waals surface area contributed by atoms with Gasteiger partial charge in [-0.2, -0.15) is 5.10 Å². The zero-order valence-electron chi connectivity index (χ0n) is 15.9. The summed E-state index contributed by atoms with van der Waals surface area (Å²) in [4.78, 5) is 34.2. The minimum Gasteiger partial charge on any atom is -0.481 e. The molecule has 0 aliphatic carbocycles. The molecule has 0 spiro atoms. The first-order valence-corrected chi connectivity index (χ1v) is 9.28. The van der Waals surface area contributed by atoms with Crippen molar-refractivity contribution in [3.05, 3.63) is 75.3 Å². The van der Waals surface area contributed by atoms with Crippen LogP contribution in [0.4, 0.5) is 5.69 Å². The molecule has 0 radical (unpaired) electrons. The highest BCUT2D eigenvalue weighted by Crippen LogP contribution is 2.34. The van der Waals surface area contributed by atoms with Crippen molar-refractivity contribution in [2.75, 3.05) is 0 Å². The Bertz CT molecular complexity index is 969. The van der Waals surface area contributed by atoms with Crippen LogP contribution in [0.1, 0.15) is 48.4 Å². The lowest BCUT2D eigenvalue weighted by molar-refractivity contribution is -0.385. The Kier molecular flexibility index (Phi) is 6.01. The van der Waals surface area contributed by atoms with Crippen LogP contribution in [0, 0.1) is 17.0 Å². The molecule has 2 aromatic carbocycles. The third kappa shape index (κ3) is 4.84. The summed E-state index contributed by atoms with van der Waals surface area (Å²) in [7, 11) is 0. The molecule has 1 atom stereocenters. The quantitative estimate of drug-likeness (QED) is 0.565. The van der Waals surface area contributed by atoms with Crippen LogP contribution in [0.5, 0.6) is 0 Å². The molecular formula is C21H21N3O5. The van der Waals surface area contributed by atoms with Crippen molar-refractivity contribution < 1.29 is 19.6 Å². The van der Waals surface area contributed by atoms with Crippen LogP contribution in [0.15, 0.2) is 53.6 Å². The van der Waals surface area contributed by atoms with E-state index in [0.29, 0.717) is 17.7 Å². The molecule has 29 heavy (non-hydrogen) atoms. The molecule has 1 aliphatic heterocycles. The second kappa shape index (κ2) is 8.64. The van der Waals surface area contributed by atoms with Gasteiger partial charge < -0.3 is 5.11 Å². The van der Waals surface area contributed by atoms with Gasteiger partial charge in [0.05, 0.1) is 16.7 Å². The minimum absolute atomic E-state index is 0.0441. The number of nitro benzene ring substituents is 1. The molecule has 3 rings (SSSR count). The normalized spacial score (nSPS) is 15.8. The molecular weight excluding hydrogens is 374 g/mol. The summed E-state index contributed by atoms with van der Waals surface area (Å²) >= 11 is 0. The second-order valence-corrected chi connectivity index (χ2v) is 6.97. The fourth-order valence-corrected chi connectivity index (χ4v) is 3.27. The molecule has 1 amide bonds. The van der Waals surface area contributed by atoms with E-state index in [4.69, 9.17) is 5.11 Å². The zero-order valence-corrected chi connectivity index (χ0v) is 15.9. The molecule has 2 aromatic rings. The molecule has 0 bridgehead atoms. The Morgan fingerprint density at radius 3 is 2.59 bits per heavy atom. The van der Waals surface area contributed by atoms with Crippen LogP contribution < -0.4 is 0 Å². The van der Waals surface area contributed by atoms with Crippen LogP contribution in [0.3, 0.4) is 0 Å². The first-order chi connectivity index (χ1) is 13.8. The van der Waals surface area contributed by atoms with Crippen molar-refractivity contribution in [1.82, 2.24) is 5.01 Å². The van der Waals surface area contributed by atoms with Crippen molar-refractivity contribution in [1.29, 1.82) is 0 Å². The summed E-state index contributed by atoms with van der Waals surface area (Å²) in [6.45, 7) is 1.98. The van der Waals surface area contributed by atoms with Gasteiger partial charge in [-0.25, -0.2) is 5.01 Å². The fourth-order valence-electron chi connectivity index (χ4n) is 3.27. The Labute approximate surface area is 167 Å². The largest absolute Gasteiger partial charge is 0.481 e. The summed E-state index contributed by atoms with van der Waals surface area (Å²) in [6, 6.07) is 13.5. The van der Waals surface area contributed by atoms with E-state index in [-0.39, 0.29) is 30.9 Å². The third-order valence-corrected chi connectivity index (χ3v) is 4.80. The molecule has 1 unspecified atom stereocenters. The lowest BCUT2D eigenvalue weighted by atomic mass is 9.97. The van der Waals surface area contributed by atoms with Crippen LogP contribution >= 0.6 is 0 Å². The lowest BCUT2D eigenvalue weighted by Crippen LogP contribution is -2.27. The first kappa shape index (κ1) is 20.2. The van der Waals surface area contributed by atoms with Crippen LogP contribution in [-0.4, -0.2) is 32.6 Å². The van der Waals surface area contributed by atoms with E-state index in [2.05, 4.69) is 5.10 Å². The number of hydrogen-bond acceptors (Lipinski definition) is 5. The van der Waals surface area contributed by atoms with Gasteiger partial charge in [-0.1, -0.05) is 42.0 Å². The molecule has 0 fully saturated rings. The summed E-state index contributed by atoms with van der Waals surface area (Å²) in [6.07, 6.45) is 0.578. The minimum atomic E-state index is -0.960. The van der Waals surface area contributed by atoms with Crippen molar-refractivity contribution in [3.8, 4) is 0 Å². The summed E-state index contributed by atoms with van der Waals surface area (Å²) < 4.78 is 0. The number of carboxylic acid groups (broad SMARTS) is 1. The van der Waals surface area contributed by atoms with Crippen molar-refractivity contribution in [3.63, 3.8) is 0 Å². The van der Waals surface area contributed by atoms with Gasteiger partial charge >= 0.3 is 5.97 Å². The van der Waals surface area contributed by atoms with Crippen LogP contribution in [0.2, 0.25) is 0 Å². The second-order valence-electron chi connectivity index (χ2n) is 6.97. The third-order valence-electron chi connectivity index (χ3n) is 4.80. The van der Waals surface area contributed by atoms with E-state index in [1.54, 1.807) is 12.1 Å². The standard InChI is InChI=1S/C21H21N3O5/c1-14-8-10-15(11-9-14)18-13-19(16-4-2-5-17(12-16)24(28)29)23(22-18)20(25)6-3-7-21(26)27/h2,4-5,8-12,19H,3,6-7,13H2,1H3,(H,26,27). The number of carboxylic acids is 1. The van der Waals surface area contributed by atoms with E-state index >= 15 is 0 Å². The van der Waals surface area contributed by atoms with E-state index in [9.17, 15) is 19.7 Å². The Morgan fingerprint density at radius 2 is 1.93 bits per heavy atom. The number of aliphatic carboxylic acids is 1. The average molecular weight is 395 g/mol. The topological polar surface area (TPSA) is 113 Å². The van der Waals surface area contributed by atoms with Crippen molar-refractivity contribution >= 4 is 23.3 Å². The number of nitrogens with zero attached hydrogens (tertiary/aromatic N) is 3. The maximum Gasteiger partial charge on any atom is 0.303 e. The lowest BCUT2D eigenvalue weighted by Gasteiger charge is -2.22. The number of rotatable bonds is 7. The highest BCUT2D eigenvalue weighted by atomic mass is 16.6. The average Bonchev–Trinajstić information content (AvgIpc) is 3.14. The Balaban J connectivity index is 1.90. The van der Waals surface area contributed by atoms with Crippen molar-refractivity contribution in [2.24, 2.45) is 5.10 Å². The molecule has 150 valence electrons. The summed E-state index contributed by atoms with van der Waals surface area (Å²) in [5.41, 5.74) is 3.27. The van der Waals surface area contributed by atoms with Gasteiger partial charge in [-0.15, -0.1) is 0 Å². The van der Waals surface area contributed by atoms with Gasteiger partial charge in [0.2, 0.25) is 5.91 Å². The molecule has 0 saturated carbocycles. The predicted molar refractivity (Wildman–Crippen MR) is 107 cm³/mol. The number of aryl methyl sites for hydroxylation is 1. The van der Waals surface area contributed by atoms with E-state index < -0.39 is 16.9 Å². The number of hydrogen-bond donors (Lipinski definition) is 1. The highest BCUT2D eigenvalue weighted by molar-refractivity contribution is 6.03. The monoisotopic (exact) mass is 395 g/mol. The smallest absolute Gasteiger partial charge is 0.303 e. The van der Waals surface area contributed by atoms with Gasteiger partial charge in [0.15, 0.2) is 0 Å². The predicted octanol–water partition coefficient (Wildman–Crippen LogP) is 3.84. The van der Waals surface area contributed by atoms with E-state index in [1.165, 1.54) is 17.1 Å². The van der Waals surface area contributed by atoms with E-state index in [1.807, 2.05) is 31.2 Å². The van der Waals surface area contributed by atoms with Gasteiger partial charge in [-0.3, -0.25) is 19.7 Å². The Hall–Kier alpha value is -3.55.